The normalized spacial score (nSPS) is 18.1. The molecule has 0 saturated heterocycles. The number of nitrogens with zero attached hydrogens (tertiary/aromatic N) is 3. The van der Waals surface area contributed by atoms with Gasteiger partial charge in [0, 0.05) is 17.4 Å². The van der Waals surface area contributed by atoms with Gasteiger partial charge in [0.05, 0.1) is 29.9 Å². The van der Waals surface area contributed by atoms with Gasteiger partial charge in [0.15, 0.2) is 0 Å². The third kappa shape index (κ3) is 2.98. The number of nitrogens with one attached hydrogen (secondary N) is 1. The van der Waals surface area contributed by atoms with E-state index in [0.717, 1.165) is 0 Å². The van der Waals surface area contributed by atoms with E-state index in [1.165, 1.54) is 30.5 Å². The Morgan fingerprint density at radius 3 is 2.41 bits per heavy atom. The maximum absolute atomic E-state index is 14.6. The van der Waals surface area contributed by atoms with Gasteiger partial charge in [-0.1, -0.05) is 0 Å². The zero-order valence-electron chi connectivity index (χ0n) is 14.6. The number of aromatic nitrogens is 1. The molecule has 2 heterocycles. The number of pyridine rings is 1. The number of hydrogen-bond donors (Lipinski definition) is 1. The Morgan fingerprint density at radius 2 is 1.81 bits per heavy atom. The molecular formula is C19H15F3N4O. The van der Waals surface area contributed by atoms with Crippen LogP contribution in [0.5, 0.6) is 0 Å². The van der Waals surface area contributed by atoms with Crippen molar-refractivity contribution in [1.82, 2.24) is 4.98 Å². The van der Waals surface area contributed by atoms with Gasteiger partial charge in [-0.05, 0) is 43.7 Å². The maximum atomic E-state index is 14.6. The molecule has 3 rings (SSSR count). The summed E-state index contributed by atoms with van der Waals surface area (Å²) < 4.78 is 49.2. The molecule has 5 nitrogen and oxygen atoms in total. The van der Waals surface area contributed by atoms with Crippen molar-refractivity contribution >= 4 is 11.5 Å². The summed E-state index contributed by atoms with van der Waals surface area (Å²) in [6.45, 7) is 2.59. The fourth-order valence-corrected chi connectivity index (χ4v) is 3.13. The first kappa shape index (κ1) is 18.7. The molecule has 0 saturated carbocycles. The predicted molar refractivity (Wildman–Crippen MR) is 91.3 cm³/mol. The zero-order valence-corrected chi connectivity index (χ0v) is 14.6. The highest BCUT2D eigenvalue weighted by atomic mass is 19.4. The Balaban J connectivity index is 2.38. The van der Waals surface area contributed by atoms with Crippen molar-refractivity contribution in [1.29, 1.82) is 10.5 Å². The largest absolute Gasteiger partial charge is 0.404 e. The summed E-state index contributed by atoms with van der Waals surface area (Å²) >= 11 is 0. The summed E-state index contributed by atoms with van der Waals surface area (Å²) in [7, 11) is 0. The molecule has 1 aliphatic rings. The second-order valence-corrected chi connectivity index (χ2v) is 6.49. The summed E-state index contributed by atoms with van der Waals surface area (Å²) in [6, 6.07) is 8.94. The van der Waals surface area contributed by atoms with Crippen LogP contribution in [-0.4, -0.2) is 23.9 Å². The van der Waals surface area contributed by atoms with Gasteiger partial charge >= 0.3 is 6.18 Å². The lowest BCUT2D eigenvalue weighted by atomic mass is 9.71. The van der Waals surface area contributed by atoms with Gasteiger partial charge in [0.1, 0.15) is 17.3 Å². The topological polar surface area (TPSA) is 81.7 Å². The van der Waals surface area contributed by atoms with Crippen molar-refractivity contribution < 1.29 is 17.9 Å². The van der Waals surface area contributed by atoms with Crippen molar-refractivity contribution in [3.8, 4) is 12.1 Å². The number of fused-ring (bicyclic) bond motifs is 2. The zero-order chi connectivity index (χ0) is 19.8. The van der Waals surface area contributed by atoms with E-state index in [0.29, 0.717) is 0 Å². The molecule has 0 fully saturated rings. The Hall–Kier alpha value is -3.10. The van der Waals surface area contributed by atoms with Crippen LogP contribution in [0.25, 0.3) is 0 Å². The third-order valence-corrected chi connectivity index (χ3v) is 4.46. The number of anilines is 2. The van der Waals surface area contributed by atoms with Gasteiger partial charge in [-0.3, -0.25) is 0 Å². The number of rotatable bonds is 3. The van der Waals surface area contributed by atoms with Crippen LogP contribution < -0.4 is 5.32 Å². The molecule has 1 N–H and O–H groups in total. The van der Waals surface area contributed by atoms with Crippen molar-refractivity contribution in [3.05, 3.63) is 52.7 Å². The molecule has 0 spiro atoms. The highest BCUT2D eigenvalue weighted by Gasteiger charge is 2.61. The highest BCUT2D eigenvalue weighted by Crippen LogP contribution is 2.54. The first-order valence-electron chi connectivity index (χ1n) is 8.13. The Bertz CT molecular complexity index is 907. The van der Waals surface area contributed by atoms with Crippen molar-refractivity contribution in [2.45, 2.75) is 31.5 Å². The molecule has 0 amide bonds. The number of halogens is 3. The fraction of sp³-hybridized carbons (Fsp3) is 0.316. The Labute approximate surface area is 154 Å². The summed E-state index contributed by atoms with van der Waals surface area (Å²) in [5, 5.41) is 21.2. The van der Waals surface area contributed by atoms with Crippen LogP contribution in [0.2, 0.25) is 0 Å². The summed E-state index contributed by atoms with van der Waals surface area (Å²) in [5.74, 6) is 0.0101. The maximum Gasteiger partial charge on any atom is 0.404 e. The molecular weight excluding hydrogens is 357 g/mol. The number of benzene rings is 1. The first-order valence-corrected chi connectivity index (χ1v) is 8.13. The van der Waals surface area contributed by atoms with Crippen LogP contribution in [-0.2, 0) is 10.2 Å². The SMILES string of the molecule is CC(C)OC[C@@]1(C(F)(F)F)c2cc(C#N)ccc2Nc2ncc(C#N)cc21. The fourth-order valence-electron chi connectivity index (χ4n) is 3.13. The second kappa shape index (κ2) is 6.57. The minimum Gasteiger partial charge on any atom is -0.377 e. The van der Waals surface area contributed by atoms with E-state index >= 15 is 0 Å². The van der Waals surface area contributed by atoms with Crippen LogP contribution in [0.4, 0.5) is 24.7 Å². The molecule has 0 radical (unpaired) electrons. The van der Waals surface area contributed by atoms with Crippen molar-refractivity contribution in [3.63, 3.8) is 0 Å². The van der Waals surface area contributed by atoms with Crippen LogP contribution in [0, 0.1) is 22.7 Å². The van der Waals surface area contributed by atoms with Gasteiger partial charge in [-0.25, -0.2) is 4.98 Å². The highest BCUT2D eigenvalue weighted by molar-refractivity contribution is 5.75. The molecule has 8 heteroatoms. The van der Waals surface area contributed by atoms with E-state index in [-0.39, 0.29) is 33.8 Å². The average Bonchev–Trinajstić information content (AvgIpc) is 2.63. The van der Waals surface area contributed by atoms with E-state index in [1.54, 1.807) is 13.8 Å². The molecule has 0 unspecified atom stereocenters. The van der Waals surface area contributed by atoms with Crippen LogP contribution in [0.1, 0.15) is 36.1 Å². The monoisotopic (exact) mass is 372 g/mol. The molecule has 1 aromatic carbocycles. The standard InChI is InChI=1S/C19H15F3N4O/c1-11(2)27-10-18(19(20,21)22)14-5-12(7-23)3-4-16(14)26-17-15(18)6-13(8-24)9-25-17/h3-6,9,11H,10H2,1-2H3,(H,25,26)/t18-/m1/s1. The third-order valence-electron chi connectivity index (χ3n) is 4.46. The van der Waals surface area contributed by atoms with Gasteiger partial charge in [0.25, 0.3) is 0 Å². The minimum absolute atomic E-state index is 0.00797. The lowest BCUT2D eigenvalue weighted by molar-refractivity contribution is -0.195. The second-order valence-electron chi connectivity index (χ2n) is 6.49. The lowest BCUT2D eigenvalue weighted by Gasteiger charge is -2.41. The molecule has 2 aromatic rings. The van der Waals surface area contributed by atoms with Crippen LogP contribution >= 0.6 is 0 Å². The van der Waals surface area contributed by atoms with Crippen molar-refractivity contribution in [2.75, 3.05) is 11.9 Å². The predicted octanol–water partition coefficient (Wildman–Crippen LogP) is 4.16. The summed E-state index contributed by atoms with van der Waals surface area (Å²) in [4.78, 5) is 4.01. The lowest BCUT2D eigenvalue weighted by Crippen LogP contribution is -2.50. The van der Waals surface area contributed by atoms with E-state index in [1.807, 2.05) is 12.1 Å². The molecule has 138 valence electrons. The minimum atomic E-state index is -4.75. The van der Waals surface area contributed by atoms with E-state index in [9.17, 15) is 13.2 Å². The Morgan fingerprint density at radius 1 is 1.15 bits per heavy atom. The molecule has 27 heavy (non-hydrogen) atoms. The first-order chi connectivity index (χ1) is 12.7. The number of alkyl halides is 3. The smallest absolute Gasteiger partial charge is 0.377 e. The van der Waals surface area contributed by atoms with Gasteiger partial charge in [0.2, 0.25) is 0 Å². The summed E-state index contributed by atoms with van der Waals surface area (Å²) in [6.07, 6.45) is -3.99. The van der Waals surface area contributed by atoms with Gasteiger partial charge in [-0.2, -0.15) is 23.7 Å². The summed E-state index contributed by atoms with van der Waals surface area (Å²) in [5.41, 5.74) is -2.57. The Kier molecular flexibility index (Phi) is 4.54. The number of nitriles is 2. The number of ether oxygens (including phenoxy) is 1. The van der Waals surface area contributed by atoms with Crippen molar-refractivity contribution in [2.24, 2.45) is 0 Å². The molecule has 0 aliphatic carbocycles. The molecule has 1 aliphatic heterocycles. The molecule has 0 bridgehead atoms. The van der Waals surface area contributed by atoms with E-state index < -0.39 is 24.3 Å². The molecule has 1 aromatic heterocycles. The average molecular weight is 372 g/mol. The van der Waals surface area contributed by atoms with E-state index in [2.05, 4.69) is 10.3 Å². The van der Waals surface area contributed by atoms with Crippen LogP contribution in [0.15, 0.2) is 30.5 Å². The number of hydrogen-bond acceptors (Lipinski definition) is 5. The van der Waals surface area contributed by atoms with Crippen LogP contribution in [0.3, 0.4) is 0 Å². The van der Waals surface area contributed by atoms with E-state index in [4.69, 9.17) is 15.3 Å². The quantitative estimate of drug-likeness (QED) is 0.875. The molecule has 1 atom stereocenters. The van der Waals surface area contributed by atoms with Gasteiger partial charge < -0.3 is 10.1 Å². The van der Waals surface area contributed by atoms with Gasteiger partial charge in [-0.15, -0.1) is 0 Å².